The Labute approximate surface area is 185 Å². The van der Waals surface area contributed by atoms with Crippen molar-refractivity contribution in [2.24, 2.45) is 5.41 Å². The van der Waals surface area contributed by atoms with Crippen molar-refractivity contribution in [1.29, 1.82) is 0 Å². The van der Waals surface area contributed by atoms with Crippen LogP contribution in [0.2, 0.25) is 0 Å². The number of halogens is 4. The molecule has 0 amide bonds. The van der Waals surface area contributed by atoms with Gasteiger partial charge >= 0.3 is 6.18 Å². The molecule has 1 atom stereocenters. The lowest BCUT2D eigenvalue weighted by atomic mass is 9.80. The molecule has 4 nitrogen and oxygen atoms in total. The lowest BCUT2D eigenvalue weighted by Gasteiger charge is -2.28. The second-order valence-electron chi connectivity index (χ2n) is 7.96. The number of aryl methyl sites for hydroxylation is 1. The first-order valence-corrected chi connectivity index (χ1v) is 11.3. The Morgan fingerprint density at radius 1 is 1.13 bits per heavy atom. The van der Waals surface area contributed by atoms with Gasteiger partial charge in [0.1, 0.15) is 5.75 Å². The second kappa shape index (κ2) is 8.48. The Morgan fingerprint density at radius 3 is 2.23 bits per heavy atom. The van der Waals surface area contributed by atoms with E-state index >= 15 is 0 Å². The third kappa shape index (κ3) is 5.07. The summed E-state index contributed by atoms with van der Waals surface area (Å²) in [5.74, 6) is 0.575. The molecule has 0 aromatic heterocycles. The van der Waals surface area contributed by atoms with Crippen LogP contribution in [-0.2, 0) is 10.0 Å². The van der Waals surface area contributed by atoms with Gasteiger partial charge in [0.15, 0.2) is 0 Å². The van der Waals surface area contributed by atoms with E-state index in [-0.39, 0.29) is 28.6 Å². The summed E-state index contributed by atoms with van der Waals surface area (Å²) in [6.45, 7) is 2.70. The number of ether oxygens (including phenoxy) is 1. The number of rotatable bonds is 5. The summed E-state index contributed by atoms with van der Waals surface area (Å²) in [5.41, 5.74) is 0.130. The fourth-order valence-electron chi connectivity index (χ4n) is 3.79. The number of sulfonamides is 1. The van der Waals surface area contributed by atoms with Gasteiger partial charge in [-0.1, -0.05) is 36.2 Å². The highest BCUT2D eigenvalue weighted by atomic mass is 35.5. The van der Waals surface area contributed by atoms with Crippen LogP contribution in [0.1, 0.15) is 24.5 Å². The minimum atomic E-state index is -4.49. The van der Waals surface area contributed by atoms with Gasteiger partial charge in [0, 0.05) is 23.5 Å². The minimum absolute atomic E-state index is 0.0364. The van der Waals surface area contributed by atoms with Gasteiger partial charge in [0.05, 0.1) is 18.4 Å². The van der Waals surface area contributed by atoms with E-state index in [1.54, 1.807) is 36.4 Å². The van der Waals surface area contributed by atoms with Crippen LogP contribution in [0.4, 0.5) is 13.2 Å². The largest absolute Gasteiger partial charge is 0.497 e. The van der Waals surface area contributed by atoms with Crippen molar-refractivity contribution in [2.45, 2.75) is 31.3 Å². The maximum absolute atomic E-state index is 13.4. The molecule has 1 saturated heterocycles. The topological polar surface area (TPSA) is 46.6 Å². The van der Waals surface area contributed by atoms with Crippen molar-refractivity contribution in [3.05, 3.63) is 65.2 Å². The Balaban J connectivity index is 2.06. The molecule has 0 N–H and O–H groups in total. The minimum Gasteiger partial charge on any atom is -0.497 e. The molecule has 0 bridgehead atoms. The molecule has 2 aromatic rings. The molecule has 1 aliphatic heterocycles. The Bertz CT molecular complexity index is 1080. The number of alkyl halides is 3. The van der Waals surface area contributed by atoms with E-state index in [9.17, 15) is 21.6 Å². The van der Waals surface area contributed by atoms with Gasteiger partial charge in [0.2, 0.25) is 10.0 Å². The highest BCUT2D eigenvalue weighted by Crippen LogP contribution is 2.48. The van der Waals surface area contributed by atoms with Crippen LogP contribution >= 0.6 is 11.6 Å². The number of hydrogen-bond acceptors (Lipinski definition) is 3. The van der Waals surface area contributed by atoms with Crippen LogP contribution in [0.3, 0.4) is 0 Å². The molecular formula is C22H23ClF3NO3S. The van der Waals surface area contributed by atoms with Gasteiger partial charge in [-0.05, 0) is 54.5 Å². The number of benzene rings is 2. The number of hydrogen-bond donors (Lipinski definition) is 0. The Kier molecular flexibility index (Phi) is 6.47. The molecule has 0 radical (unpaired) electrons. The first-order valence-electron chi connectivity index (χ1n) is 9.53. The summed E-state index contributed by atoms with van der Waals surface area (Å²) in [7, 11) is -2.49. The zero-order valence-electron chi connectivity index (χ0n) is 17.3. The summed E-state index contributed by atoms with van der Waals surface area (Å²) >= 11 is 6.55. The molecule has 9 heteroatoms. The molecule has 0 saturated carbocycles. The maximum atomic E-state index is 13.4. The second-order valence-corrected chi connectivity index (χ2v) is 10.3. The monoisotopic (exact) mass is 473 g/mol. The fourth-order valence-corrected chi connectivity index (χ4v) is 5.73. The van der Waals surface area contributed by atoms with E-state index in [1.807, 2.05) is 6.92 Å². The van der Waals surface area contributed by atoms with Crippen LogP contribution < -0.4 is 4.74 Å². The normalized spacial score (nSPS) is 21.9. The maximum Gasteiger partial charge on any atom is 0.390 e. The standard InChI is InChI=1S/C22H23ClF3NO3S/c1-15-4-10-18(11-5-15)31(28,29)27-12-19(21(2,14-27)13-22(24,25)26)20(23)16-6-8-17(30-3)9-7-16/h4-11H,12-14H2,1-3H3/b20-19+. The molecule has 0 spiro atoms. The molecular weight excluding hydrogens is 451 g/mol. The third-order valence-electron chi connectivity index (χ3n) is 5.45. The first-order chi connectivity index (χ1) is 14.4. The average Bonchev–Trinajstić information content (AvgIpc) is 3.03. The number of nitrogens with zero attached hydrogens (tertiary/aromatic N) is 1. The fraction of sp³-hybridized carbons (Fsp3) is 0.364. The van der Waals surface area contributed by atoms with Crippen molar-refractivity contribution in [3.8, 4) is 5.75 Å². The zero-order chi connectivity index (χ0) is 23.0. The molecule has 31 heavy (non-hydrogen) atoms. The van der Waals surface area contributed by atoms with Crippen LogP contribution in [0.5, 0.6) is 5.75 Å². The van der Waals surface area contributed by atoms with Crippen molar-refractivity contribution in [1.82, 2.24) is 4.31 Å². The number of methoxy groups -OCH3 is 1. The van der Waals surface area contributed by atoms with E-state index in [2.05, 4.69) is 0 Å². The molecule has 1 fully saturated rings. The summed E-state index contributed by atoms with van der Waals surface area (Å²) in [5, 5.41) is 0.121. The summed E-state index contributed by atoms with van der Waals surface area (Å²) in [4.78, 5) is 0.0364. The smallest absolute Gasteiger partial charge is 0.390 e. The quantitative estimate of drug-likeness (QED) is 0.566. The van der Waals surface area contributed by atoms with Gasteiger partial charge in [-0.25, -0.2) is 8.42 Å². The SMILES string of the molecule is COc1ccc(/C(Cl)=C2/CN(S(=O)(=O)c3ccc(C)cc3)CC2(C)CC(F)(F)F)cc1. The van der Waals surface area contributed by atoms with Crippen LogP contribution in [0, 0.1) is 12.3 Å². The van der Waals surface area contributed by atoms with Crippen molar-refractivity contribution < 1.29 is 26.3 Å². The molecule has 2 aromatic carbocycles. The van der Waals surface area contributed by atoms with Crippen molar-refractivity contribution in [3.63, 3.8) is 0 Å². The van der Waals surface area contributed by atoms with Crippen molar-refractivity contribution >= 4 is 26.7 Å². The van der Waals surface area contributed by atoms with Gasteiger partial charge in [-0.2, -0.15) is 17.5 Å². The summed E-state index contributed by atoms with van der Waals surface area (Å²) < 4.78 is 72.8. The van der Waals surface area contributed by atoms with Gasteiger partial charge in [-0.3, -0.25) is 0 Å². The molecule has 1 unspecified atom stereocenters. The van der Waals surface area contributed by atoms with E-state index in [0.29, 0.717) is 11.3 Å². The van der Waals surface area contributed by atoms with Crippen LogP contribution in [-0.4, -0.2) is 39.1 Å². The van der Waals surface area contributed by atoms with Gasteiger partial charge in [0.25, 0.3) is 0 Å². The molecule has 0 aliphatic carbocycles. The zero-order valence-corrected chi connectivity index (χ0v) is 18.9. The Hall–Kier alpha value is -2.03. The summed E-state index contributed by atoms with van der Waals surface area (Å²) in [6.07, 6.45) is -5.66. The van der Waals surface area contributed by atoms with Gasteiger partial charge < -0.3 is 4.74 Å². The Morgan fingerprint density at radius 2 is 1.71 bits per heavy atom. The van der Waals surface area contributed by atoms with E-state index < -0.39 is 28.0 Å². The van der Waals surface area contributed by atoms with Crippen LogP contribution in [0.15, 0.2) is 59.0 Å². The predicted octanol–water partition coefficient (Wildman–Crippen LogP) is 5.62. The molecule has 1 heterocycles. The van der Waals surface area contributed by atoms with Crippen molar-refractivity contribution in [2.75, 3.05) is 20.2 Å². The summed E-state index contributed by atoms with van der Waals surface area (Å²) in [6, 6.07) is 12.8. The lowest BCUT2D eigenvalue weighted by molar-refractivity contribution is -0.150. The average molecular weight is 474 g/mol. The lowest BCUT2D eigenvalue weighted by Crippen LogP contribution is -2.33. The molecule has 168 valence electrons. The van der Waals surface area contributed by atoms with Gasteiger partial charge in [-0.15, -0.1) is 0 Å². The predicted molar refractivity (Wildman–Crippen MR) is 114 cm³/mol. The molecule has 3 rings (SSSR count). The highest BCUT2D eigenvalue weighted by molar-refractivity contribution is 7.89. The van der Waals surface area contributed by atoms with E-state index in [0.717, 1.165) is 9.87 Å². The highest BCUT2D eigenvalue weighted by Gasteiger charge is 2.50. The third-order valence-corrected chi connectivity index (χ3v) is 7.70. The first kappa shape index (κ1) is 23.6. The van der Waals surface area contributed by atoms with Crippen LogP contribution in [0.25, 0.3) is 5.03 Å². The van der Waals surface area contributed by atoms with E-state index in [1.165, 1.54) is 26.2 Å². The molecule has 1 aliphatic rings. The van der Waals surface area contributed by atoms with E-state index in [4.69, 9.17) is 16.3 Å².